The van der Waals surface area contributed by atoms with Gasteiger partial charge in [0.05, 0.1) is 29.5 Å². The fourth-order valence-corrected chi connectivity index (χ4v) is 5.55. The minimum Gasteiger partial charge on any atom is -0.360 e. The van der Waals surface area contributed by atoms with E-state index in [0.29, 0.717) is 28.1 Å². The molecule has 2 heterocycles. The number of likely N-dealkylation sites (N-methyl/N-ethyl adjacent to an activating group) is 1. The maximum Gasteiger partial charge on any atom is 0.138 e. The second-order valence-corrected chi connectivity index (χ2v) is 9.85. The molecule has 0 N–H and O–H groups in total. The Morgan fingerprint density at radius 2 is 2.00 bits per heavy atom. The van der Waals surface area contributed by atoms with Crippen molar-refractivity contribution in [3.8, 4) is 0 Å². The molecule has 1 aromatic heterocycles. The maximum atomic E-state index is 7.01. The summed E-state index contributed by atoms with van der Waals surface area (Å²) in [5, 5.41) is 2.14. The van der Waals surface area contributed by atoms with Crippen LogP contribution in [0.1, 0.15) is 45.2 Å². The van der Waals surface area contributed by atoms with Gasteiger partial charge in [0.1, 0.15) is 5.15 Å². The maximum absolute atomic E-state index is 7.01. The molecule has 158 valence electrons. The zero-order valence-electron chi connectivity index (χ0n) is 18.3. The zero-order chi connectivity index (χ0) is 21.6. The van der Waals surface area contributed by atoms with E-state index in [4.69, 9.17) is 28.2 Å². The van der Waals surface area contributed by atoms with Crippen LogP contribution in [0.25, 0.3) is 16.5 Å². The first-order valence-electron chi connectivity index (χ1n) is 10.6. The van der Waals surface area contributed by atoms with Crippen LogP contribution in [0.2, 0.25) is 10.2 Å². The molecule has 4 rings (SSSR count). The van der Waals surface area contributed by atoms with Crippen molar-refractivity contribution in [2.24, 2.45) is 16.8 Å². The number of fused-ring (bicyclic) bond motifs is 1. The van der Waals surface area contributed by atoms with E-state index < -0.39 is 0 Å². The van der Waals surface area contributed by atoms with E-state index in [2.05, 4.69) is 81.1 Å². The fraction of sp³-hybridized carbons (Fsp3) is 0.440. The Balaban J connectivity index is 1.90. The van der Waals surface area contributed by atoms with Gasteiger partial charge >= 0.3 is 0 Å². The molecule has 0 bridgehead atoms. The van der Waals surface area contributed by atoms with Gasteiger partial charge in [-0.2, -0.15) is 0 Å². The van der Waals surface area contributed by atoms with Crippen molar-refractivity contribution < 1.29 is 0 Å². The normalized spacial score (nSPS) is 23.3. The van der Waals surface area contributed by atoms with Crippen LogP contribution in [0.4, 0.5) is 0 Å². The van der Waals surface area contributed by atoms with Crippen LogP contribution in [-0.4, -0.2) is 35.9 Å². The van der Waals surface area contributed by atoms with E-state index in [0.717, 1.165) is 35.0 Å². The molecule has 1 aromatic carbocycles. The summed E-state index contributed by atoms with van der Waals surface area (Å²) in [5.74, 6) is 0.784. The number of pyridine rings is 1. The molecule has 3 unspecified atom stereocenters. The van der Waals surface area contributed by atoms with Crippen molar-refractivity contribution in [3.05, 3.63) is 57.7 Å². The topological polar surface area (TPSA) is 28.5 Å². The van der Waals surface area contributed by atoms with Crippen molar-refractivity contribution >= 4 is 46.0 Å². The number of allylic oxidation sites excluding steroid dienone is 4. The first-order valence-corrected chi connectivity index (χ1v) is 11.4. The molecule has 2 aromatic rings. The third kappa shape index (κ3) is 3.36. The van der Waals surface area contributed by atoms with Gasteiger partial charge in [0.2, 0.25) is 0 Å². The summed E-state index contributed by atoms with van der Waals surface area (Å²) in [5.41, 5.74) is 4.03. The van der Waals surface area contributed by atoms with Crippen LogP contribution < -0.4 is 0 Å². The number of hydrogen-bond donors (Lipinski definition) is 0. The summed E-state index contributed by atoms with van der Waals surface area (Å²) in [6.07, 6.45) is 9.30. The van der Waals surface area contributed by atoms with Crippen molar-refractivity contribution in [2.75, 3.05) is 13.6 Å². The van der Waals surface area contributed by atoms with E-state index in [1.807, 2.05) is 6.34 Å². The predicted molar refractivity (Wildman–Crippen MR) is 130 cm³/mol. The third-order valence-corrected chi connectivity index (χ3v) is 7.81. The van der Waals surface area contributed by atoms with Crippen LogP contribution >= 0.6 is 23.2 Å². The SMILES string of the molecule is CC1CC=CC=C1c1c(Cl)nc2ccc(C(C)(C(C)C)C3CN=CN3C)cc2c1Cl. The molecule has 0 saturated heterocycles. The average molecular weight is 442 g/mol. The second-order valence-electron chi connectivity index (χ2n) is 9.11. The second kappa shape index (κ2) is 8.01. The molecule has 1 aliphatic heterocycles. The van der Waals surface area contributed by atoms with Gasteiger partial charge in [-0.15, -0.1) is 0 Å². The lowest BCUT2D eigenvalue weighted by Gasteiger charge is -2.43. The highest BCUT2D eigenvalue weighted by atomic mass is 35.5. The molecule has 0 amide bonds. The molecule has 0 saturated carbocycles. The van der Waals surface area contributed by atoms with Gasteiger partial charge in [-0.3, -0.25) is 4.99 Å². The molecule has 3 nitrogen and oxygen atoms in total. The van der Waals surface area contributed by atoms with Gasteiger partial charge in [0.15, 0.2) is 0 Å². The minimum atomic E-state index is -0.0807. The fourth-order valence-electron chi connectivity index (χ4n) is 4.86. The Hall–Kier alpha value is -1.84. The van der Waals surface area contributed by atoms with Crippen molar-refractivity contribution in [1.82, 2.24) is 9.88 Å². The lowest BCUT2D eigenvalue weighted by atomic mass is 9.67. The highest BCUT2D eigenvalue weighted by Gasteiger charge is 2.42. The summed E-state index contributed by atoms with van der Waals surface area (Å²) in [6.45, 7) is 9.91. The Labute approximate surface area is 189 Å². The lowest BCUT2D eigenvalue weighted by molar-refractivity contribution is 0.197. The Morgan fingerprint density at radius 3 is 2.63 bits per heavy atom. The van der Waals surface area contributed by atoms with Gasteiger partial charge in [0, 0.05) is 23.4 Å². The van der Waals surface area contributed by atoms with Crippen molar-refractivity contribution in [2.45, 2.75) is 45.6 Å². The third-order valence-electron chi connectivity index (χ3n) is 7.15. The molecular formula is C25H29Cl2N3. The van der Waals surface area contributed by atoms with Crippen LogP contribution in [0.15, 0.2) is 41.4 Å². The van der Waals surface area contributed by atoms with Crippen LogP contribution in [-0.2, 0) is 5.41 Å². The lowest BCUT2D eigenvalue weighted by Crippen LogP contribution is -2.49. The standard InChI is InChI=1S/C25H29Cl2N3/c1-15(2)25(4,21-13-28-14-30(21)5)17-10-11-20-19(12-17)23(26)22(24(27)29-20)18-9-7-6-8-16(18)3/h6-7,9-12,14-16,21H,8,13H2,1-5H3. The number of hydrogen-bond acceptors (Lipinski definition) is 3. The first kappa shape index (κ1) is 21.4. The number of halogens is 2. The van der Waals surface area contributed by atoms with Crippen molar-refractivity contribution in [3.63, 3.8) is 0 Å². The number of nitrogens with zero attached hydrogens (tertiary/aromatic N) is 3. The molecule has 0 radical (unpaired) electrons. The first-order chi connectivity index (χ1) is 14.2. The number of benzene rings is 1. The molecular weight excluding hydrogens is 413 g/mol. The van der Waals surface area contributed by atoms with Gasteiger partial charge < -0.3 is 4.90 Å². The summed E-state index contributed by atoms with van der Waals surface area (Å²) in [4.78, 5) is 11.5. The Morgan fingerprint density at radius 1 is 1.23 bits per heavy atom. The monoisotopic (exact) mass is 441 g/mol. The van der Waals surface area contributed by atoms with Gasteiger partial charge in [-0.1, -0.05) is 75.2 Å². The molecule has 5 heteroatoms. The highest BCUT2D eigenvalue weighted by molar-refractivity contribution is 6.40. The number of aromatic nitrogens is 1. The molecule has 3 atom stereocenters. The van der Waals surface area contributed by atoms with E-state index in [9.17, 15) is 0 Å². The summed E-state index contributed by atoms with van der Waals surface area (Å²) < 4.78 is 0. The van der Waals surface area contributed by atoms with Crippen molar-refractivity contribution in [1.29, 1.82) is 0 Å². The predicted octanol–water partition coefficient (Wildman–Crippen LogP) is 6.78. The summed E-state index contributed by atoms with van der Waals surface area (Å²) in [7, 11) is 2.11. The van der Waals surface area contributed by atoms with E-state index in [1.54, 1.807) is 0 Å². The molecule has 0 spiro atoms. The smallest absolute Gasteiger partial charge is 0.138 e. The molecule has 2 aliphatic rings. The van der Waals surface area contributed by atoms with E-state index in [1.165, 1.54) is 5.56 Å². The van der Waals surface area contributed by atoms with Gasteiger partial charge in [-0.25, -0.2) is 4.98 Å². The molecule has 0 fully saturated rings. The Kier molecular flexibility index (Phi) is 5.71. The minimum absolute atomic E-state index is 0.0807. The summed E-state index contributed by atoms with van der Waals surface area (Å²) in [6, 6.07) is 6.76. The highest BCUT2D eigenvalue weighted by Crippen LogP contribution is 2.44. The van der Waals surface area contributed by atoms with Gasteiger partial charge in [0.25, 0.3) is 0 Å². The van der Waals surface area contributed by atoms with Crippen LogP contribution in [0.3, 0.4) is 0 Å². The number of aliphatic imine (C=N–C) groups is 1. The summed E-state index contributed by atoms with van der Waals surface area (Å²) >= 11 is 13.6. The van der Waals surface area contributed by atoms with E-state index >= 15 is 0 Å². The van der Waals surface area contributed by atoms with Gasteiger partial charge in [-0.05, 0) is 41.5 Å². The van der Waals surface area contributed by atoms with E-state index in [-0.39, 0.29) is 5.41 Å². The quantitative estimate of drug-likeness (QED) is 0.489. The Bertz CT molecular complexity index is 1070. The molecule has 1 aliphatic carbocycles. The van der Waals surface area contributed by atoms with Crippen LogP contribution in [0, 0.1) is 11.8 Å². The van der Waals surface area contributed by atoms with Crippen LogP contribution in [0.5, 0.6) is 0 Å². The zero-order valence-corrected chi connectivity index (χ0v) is 19.8. The molecule has 30 heavy (non-hydrogen) atoms. The largest absolute Gasteiger partial charge is 0.360 e. The average Bonchev–Trinajstić information content (AvgIpc) is 3.14. The number of rotatable bonds is 4.